The molecular weight excluding hydrogens is 246 g/mol. The Morgan fingerprint density at radius 2 is 1.85 bits per heavy atom. The highest BCUT2D eigenvalue weighted by molar-refractivity contribution is 5.81. The summed E-state index contributed by atoms with van der Waals surface area (Å²) in [7, 11) is 0. The quantitative estimate of drug-likeness (QED) is 0.671. The summed E-state index contributed by atoms with van der Waals surface area (Å²) < 4.78 is 1.97. The Morgan fingerprint density at radius 3 is 2.70 bits per heavy atom. The van der Waals surface area contributed by atoms with Gasteiger partial charge in [-0.2, -0.15) is 5.10 Å². The van der Waals surface area contributed by atoms with Crippen molar-refractivity contribution in [3.8, 4) is 5.69 Å². The van der Waals surface area contributed by atoms with Gasteiger partial charge in [0.25, 0.3) is 0 Å². The Bertz CT molecular complexity index is 772. The minimum absolute atomic E-state index is 0.995. The van der Waals surface area contributed by atoms with E-state index in [0.29, 0.717) is 0 Å². The molecule has 0 saturated heterocycles. The second-order valence-corrected chi connectivity index (χ2v) is 5.51. The van der Waals surface area contributed by atoms with Crippen LogP contribution in [-0.2, 0) is 12.8 Å². The summed E-state index contributed by atoms with van der Waals surface area (Å²) in [5.41, 5.74) is 5.81. The lowest BCUT2D eigenvalue weighted by Crippen LogP contribution is -2.06. The number of rotatable bonds is 1. The number of aromatic nitrogens is 3. The number of para-hydroxylation sites is 1. The molecule has 1 aliphatic rings. The number of hydrogen-bond donors (Lipinski definition) is 0. The summed E-state index contributed by atoms with van der Waals surface area (Å²) in [6.45, 7) is 2.07. The highest BCUT2D eigenvalue weighted by Crippen LogP contribution is 2.27. The fourth-order valence-corrected chi connectivity index (χ4v) is 3.05. The molecule has 0 saturated carbocycles. The number of nitrogens with zero attached hydrogens (tertiary/aromatic N) is 3. The molecule has 3 heteroatoms. The standard InChI is InChI=1S/C17H17N3/c1-12-15-11-13-7-5-6-10-16(13)18-17(15)20(19-12)14-8-3-2-4-9-14/h2-4,8-9,11H,5-7,10H2,1H3. The van der Waals surface area contributed by atoms with Crippen LogP contribution in [0.25, 0.3) is 16.7 Å². The number of aryl methyl sites for hydroxylation is 3. The van der Waals surface area contributed by atoms with Crippen molar-refractivity contribution < 1.29 is 0 Å². The second kappa shape index (κ2) is 4.44. The molecule has 2 aromatic heterocycles. The van der Waals surface area contributed by atoms with Gasteiger partial charge in [-0.05, 0) is 56.4 Å². The zero-order chi connectivity index (χ0) is 13.5. The third-order valence-electron chi connectivity index (χ3n) is 4.12. The third kappa shape index (κ3) is 1.73. The van der Waals surface area contributed by atoms with Crippen LogP contribution in [0.5, 0.6) is 0 Å². The van der Waals surface area contributed by atoms with Crippen molar-refractivity contribution in [3.05, 3.63) is 53.3 Å². The van der Waals surface area contributed by atoms with Gasteiger partial charge >= 0.3 is 0 Å². The molecule has 0 atom stereocenters. The fourth-order valence-electron chi connectivity index (χ4n) is 3.05. The normalized spacial score (nSPS) is 14.4. The first-order chi connectivity index (χ1) is 9.83. The predicted octanol–water partition coefficient (Wildman–Crippen LogP) is 3.61. The number of hydrogen-bond acceptors (Lipinski definition) is 2. The first kappa shape index (κ1) is 11.6. The summed E-state index contributed by atoms with van der Waals surface area (Å²) in [5, 5.41) is 5.87. The van der Waals surface area contributed by atoms with E-state index in [1.54, 1.807) is 0 Å². The SMILES string of the molecule is Cc1nn(-c2ccccc2)c2nc3c(cc12)CCCC3. The summed E-state index contributed by atoms with van der Waals surface area (Å²) >= 11 is 0. The molecule has 0 unspecified atom stereocenters. The van der Waals surface area contributed by atoms with Crippen molar-refractivity contribution in [2.45, 2.75) is 32.6 Å². The Labute approximate surface area is 118 Å². The van der Waals surface area contributed by atoms with Gasteiger partial charge in [-0.15, -0.1) is 0 Å². The fraction of sp³-hybridized carbons (Fsp3) is 0.294. The molecule has 0 fully saturated rings. The minimum Gasteiger partial charge on any atom is -0.233 e. The molecule has 20 heavy (non-hydrogen) atoms. The summed E-state index contributed by atoms with van der Waals surface area (Å²) in [6, 6.07) is 12.6. The van der Waals surface area contributed by atoms with E-state index in [1.807, 2.05) is 22.9 Å². The Hall–Kier alpha value is -2.16. The van der Waals surface area contributed by atoms with E-state index < -0.39 is 0 Å². The maximum atomic E-state index is 4.91. The van der Waals surface area contributed by atoms with Gasteiger partial charge in [0.05, 0.1) is 11.4 Å². The van der Waals surface area contributed by atoms with Crippen LogP contribution in [0.3, 0.4) is 0 Å². The van der Waals surface area contributed by atoms with Crippen LogP contribution >= 0.6 is 0 Å². The van der Waals surface area contributed by atoms with Crippen molar-refractivity contribution >= 4 is 11.0 Å². The molecule has 0 spiro atoms. The maximum absolute atomic E-state index is 4.91. The van der Waals surface area contributed by atoms with E-state index in [4.69, 9.17) is 4.98 Å². The van der Waals surface area contributed by atoms with Gasteiger partial charge in [-0.1, -0.05) is 18.2 Å². The van der Waals surface area contributed by atoms with Gasteiger partial charge in [0.2, 0.25) is 0 Å². The third-order valence-corrected chi connectivity index (χ3v) is 4.12. The first-order valence-corrected chi connectivity index (χ1v) is 7.26. The lowest BCUT2D eigenvalue weighted by Gasteiger charge is -2.14. The van der Waals surface area contributed by atoms with Gasteiger partial charge in [0, 0.05) is 11.1 Å². The number of benzene rings is 1. The molecule has 0 radical (unpaired) electrons. The van der Waals surface area contributed by atoms with E-state index in [1.165, 1.54) is 29.5 Å². The largest absolute Gasteiger partial charge is 0.233 e. The van der Waals surface area contributed by atoms with E-state index in [2.05, 4.69) is 30.2 Å². The molecule has 3 nitrogen and oxygen atoms in total. The lowest BCUT2D eigenvalue weighted by molar-refractivity contribution is 0.669. The number of fused-ring (bicyclic) bond motifs is 2. The average molecular weight is 263 g/mol. The Balaban J connectivity index is 1.99. The molecule has 0 aliphatic heterocycles. The molecule has 100 valence electrons. The first-order valence-electron chi connectivity index (χ1n) is 7.26. The van der Waals surface area contributed by atoms with Gasteiger partial charge in [-0.25, -0.2) is 9.67 Å². The van der Waals surface area contributed by atoms with Crippen LogP contribution in [0.15, 0.2) is 36.4 Å². The molecule has 0 N–H and O–H groups in total. The predicted molar refractivity (Wildman–Crippen MR) is 80.2 cm³/mol. The highest BCUT2D eigenvalue weighted by Gasteiger charge is 2.16. The minimum atomic E-state index is 0.995. The van der Waals surface area contributed by atoms with Crippen LogP contribution in [-0.4, -0.2) is 14.8 Å². The van der Waals surface area contributed by atoms with E-state index >= 15 is 0 Å². The van der Waals surface area contributed by atoms with Crippen LogP contribution in [0.1, 0.15) is 29.8 Å². The summed E-state index contributed by atoms with van der Waals surface area (Å²) in [6.07, 6.45) is 4.80. The van der Waals surface area contributed by atoms with E-state index in [9.17, 15) is 0 Å². The van der Waals surface area contributed by atoms with Crippen molar-refractivity contribution in [2.24, 2.45) is 0 Å². The van der Waals surface area contributed by atoms with Crippen LogP contribution in [0.4, 0.5) is 0 Å². The van der Waals surface area contributed by atoms with Gasteiger partial charge < -0.3 is 0 Å². The Morgan fingerprint density at radius 1 is 1.05 bits per heavy atom. The van der Waals surface area contributed by atoms with Gasteiger partial charge in [-0.3, -0.25) is 0 Å². The van der Waals surface area contributed by atoms with Gasteiger partial charge in [0.1, 0.15) is 0 Å². The molecule has 2 heterocycles. The van der Waals surface area contributed by atoms with Crippen molar-refractivity contribution in [3.63, 3.8) is 0 Å². The molecule has 0 amide bonds. The van der Waals surface area contributed by atoms with Crippen molar-refractivity contribution in [1.29, 1.82) is 0 Å². The summed E-state index contributed by atoms with van der Waals surface area (Å²) in [4.78, 5) is 4.91. The maximum Gasteiger partial charge on any atom is 0.163 e. The molecular formula is C17H17N3. The monoisotopic (exact) mass is 263 g/mol. The topological polar surface area (TPSA) is 30.7 Å². The van der Waals surface area contributed by atoms with Gasteiger partial charge in [0.15, 0.2) is 5.65 Å². The zero-order valence-electron chi connectivity index (χ0n) is 11.6. The second-order valence-electron chi connectivity index (χ2n) is 5.51. The Kier molecular flexibility index (Phi) is 2.59. The molecule has 1 aliphatic carbocycles. The smallest absolute Gasteiger partial charge is 0.163 e. The summed E-state index contributed by atoms with van der Waals surface area (Å²) in [5.74, 6) is 0. The highest BCUT2D eigenvalue weighted by atomic mass is 15.3. The molecule has 1 aromatic carbocycles. The van der Waals surface area contributed by atoms with Crippen LogP contribution in [0.2, 0.25) is 0 Å². The van der Waals surface area contributed by atoms with E-state index in [0.717, 1.165) is 29.9 Å². The average Bonchev–Trinajstić information content (AvgIpc) is 2.83. The molecule has 3 aromatic rings. The molecule has 4 rings (SSSR count). The lowest BCUT2D eigenvalue weighted by atomic mass is 9.95. The van der Waals surface area contributed by atoms with E-state index in [-0.39, 0.29) is 0 Å². The zero-order valence-corrected chi connectivity index (χ0v) is 11.6. The molecule has 0 bridgehead atoms. The van der Waals surface area contributed by atoms with Crippen LogP contribution < -0.4 is 0 Å². The van der Waals surface area contributed by atoms with Crippen LogP contribution in [0, 0.1) is 6.92 Å². The van der Waals surface area contributed by atoms with Crippen molar-refractivity contribution in [1.82, 2.24) is 14.8 Å². The number of pyridine rings is 1. The van der Waals surface area contributed by atoms with Crippen molar-refractivity contribution in [2.75, 3.05) is 0 Å².